The predicted octanol–water partition coefficient (Wildman–Crippen LogP) is 6.39. The molecule has 2 aromatic heterocycles. The molecule has 0 bridgehead atoms. The lowest BCUT2D eigenvalue weighted by Crippen LogP contribution is -2.31. The smallest absolute Gasteiger partial charge is 0.231 e. The van der Waals surface area contributed by atoms with Gasteiger partial charge in [-0.15, -0.1) is 11.3 Å². The van der Waals surface area contributed by atoms with Crippen molar-refractivity contribution in [2.24, 2.45) is 7.05 Å². The van der Waals surface area contributed by atoms with Gasteiger partial charge in [-0.3, -0.25) is 0 Å². The molecular formula is C25H23N2S+. The van der Waals surface area contributed by atoms with E-state index in [4.69, 9.17) is 4.98 Å². The monoisotopic (exact) mass is 383 g/mol. The molecule has 0 fully saturated rings. The minimum absolute atomic E-state index is 0.158. The van der Waals surface area contributed by atoms with Gasteiger partial charge in [-0.05, 0) is 32.8 Å². The molecule has 0 saturated carbocycles. The summed E-state index contributed by atoms with van der Waals surface area (Å²) in [5.74, 6) is 0. The minimum atomic E-state index is 0.158. The van der Waals surface area contributed by atoms with Gasteiger partial charge in [-0.25, -0.2) is 4.57 Å². The molecule has 28 heavy (non-hydrogen) atoms. The predicted molar refractivity (Wildman–Crippen MR) is 120 cm³/mol. The summed E-state index contributed by atoms with van der Waals surface area (Å²) >= 11 is 1.85. The number of thiophene rings is 1. The lowest BCUT2D eigenvalue weighted by atomic mass is 9.86. The van der Waals surface area contributed by atoms with Gasteiger partial charge in [0.15, 0.2) is 5.69 Å². The Morgan fingerprint density at radius 1 is 0.821 bits per heavy atom. The van der Waals surface area contributed by atoms with Crippen LogP contribution < -0.4 is 4.57 Å². The quantitative estimate of drug-likeness (QED) is 0.306. The van der Waals surface area contributed by atoms with Gasteiger partial charge in [0.25, 0.3) is 6.33 Å². The fourth-order valence-corrected chi connectivity index (χ4v) is 5.32. The highest BCUT2D eigenvalue weighted by Gasteiger charge is 2.21. The SMILES string of the molecule is C[n+]1cnc2c(sc3c4ccccc4ccc23)c1-c1ccc(C(C)(C)C)cc1. The second-order valence-electron chi connectivity index (χ2n) is 8.47. The van der Waals surface area contributed by atoms with Crippen molar-refractivity contribution in [2.45, 2.75) is 26.2 Å². The Morgan fingerprint density at radius 3 is 2.32 bits per heavy atom. The standard InChI is InChI=1S/C25H23N2S/c1-25(2,3)18-12-9-17(10-13-18)22-24-21(26-15-27(22)4)20-14-11-16-7-5-6-8-19(16)23(20)28-24/h5-15H,1-4H3/q+1. The summed E-state index contributed by atoms with van der Waals surface area (Å²) < 4.78 is 4.71. The Labute approximate surface area is 169 Å². The second kappa shape index (κ2) is 6.11. The fraction of sp³-hybridized carbons (Fsp3) is 0.200. The van der Waals surface area contributed by atoms with Crippen molar-refractivity contribution in [3.05, 3.63) is 72.6 Å². The van der Waals surface area contributed by atoms with E-state index in [0.717, 1.165) is 5.52 Å². The summed E-state index contributed by atoms with van der Waals surface area (Å²) in [6.45, 7) is 6.76. The molecule has 3 aromatic carbocycles. The van der Waals surface area contributed by atoms with Crippen molar-refractivity contribution in [1.29, 1.82) is 0 Å². The Balaban J connectivity index is 1.81. The Kier molecular flexibility index (Phi) is 3.78. The van der Waals surface area contributed by atoms with Crippen molar-refractivity contribution in [1.82, 2.24) is 4.98 Å². The average Bonchev–Trinajstić information content (AvgIpc) is 3.06. The van der Waals surface area contributed by atoms with Crippen LogP contribution >= 0.6 is 11.3 Å². The molecular weight excluding hydrogens is 360 g/mol. The summed E-state index contributed by atoms with van der Waals surface area (Å²) in [5, 5.41) is 3.83. The summed E-state index contributed by atoms with van der Waals surface area (Å²) in [4.78, 5) is 4.79. The number of aryl methyl sites for hydroxylation is 1. The van der Waals surface area contributed by atoms with Crippen molar-refractivity contribution < 1.29 is 4.57 Å². The van der Waals surface area contributed by atoms with Crippen LogP contribution in [0.1, 0.15) is 26.3 Å². The highest BCUT2D eigenvalue weighted by atomic mass is 32.1. The van der Waals surface area contributed by atoms with Crippen LogP contribution in [0.15, 0.2) is 67.0 Å². The lowest BCUT2D eigenvalue weighted by Gasteiger charge is -2.19. The molecule has 5 rings (SSSR count). The maximum atomic E-state index is 4.79. The summed E-state index contributed by atoms with van der Waals surface area (Å²) in [5.41, 5.74) is 5.07. The van der Waals surface area contributed by atoms with Gasteiger partial charge >= 0.3 is 0 Å². The number of hydrogen-bond donors (Lipinski definition) is 0. The highest BCUT2D eigenvalue weighted by Crippen LogP contribution is 2.40. The number of rotatable bonds is 1. The van der Waals surface area contributed by atoms with E-state index in [1.54, 1.807) is 0 Å². The third-order valence-electron chi connectivity index (χ3n) is 5.51. The molecule has 2 heterocycles. The number of nitrogens with zero attached hydrogens (tertiary/aromatic N) is 2. The molecule has 0 spiro atoms. The summed E-state index contributed by atoms with van der Waals surface area (Å²) in [6, 6.07) is 22.0. The molecule has 0 unspecified atom stereocenters. The molecule has 3 heteroatoms. The first-order valence-corrected chi connectivity index (χ1v) is 10.4. The van der Waals surface area contributed by atoms with Crippen molar-refractivity contribution in [2.75, 3.05) is 0 Å². The maximum Gasteiger partial charge on any atom is 0.287 e. The van der Waals surface area contributed by atoms with Gasteiger partial charge in [0, 0.05) is 15.6 Å². The van der Waals surface area contributed by atoms with Gasteiger partial charge < -0.3 is 0 Å². The maximum absolute atomic E-state index is 4.79. The van der Waals surface area contributed by atoms with Crippen molar-refractivity contribution in [3.63, 3.8) is 0 Å². The molecule has 0 aliphatic rings. The van der Waals surface area contributed by atoms with Crippen molar-refractivity contribution in [3.8, 4) is 11.3 Å². The van der Waals surface area contributed by atoms with E-state index in [-0.39, 0.29) is 5.41 Å². The van der Waals surface area contributed by atoms with E-state index >= 15 is 0 Å². The first kappa shape index (κ1) is 17.3. The highest BCUT2D eigenvalue weighted by molar-refractivity contribution is 7.27. The van der Waals surface area contributed by atoms with Gasteiger partial charge in [0.05, 0.1) is 7.05 Å². The molecule has 0 aliphatic carbocycles. The third kappa shape index (κ3) is 2.61. The molecule has 0 radical (unpaired) electrons. The number of benzene rings is 3. The van der Waals surface area contributed by atoms with E-state index in [1.165, 1.54) is 42.4 Å². The largest absolute Gasteiger partial charge is 0.287 e. The molecule has 0 N–H and O–H groups in total. The van der Waals surface area contributed by atoms with Crippen LogP contribution in [0, 0.1) is 0 Å². The first-order valence-electron chi connectivity index (χ1n) is 9.63. The zero-order chi connectivity index (χ0) is 19.5. The van der Waals surface area contributed by atoms with E-state index in [1.807, 2.05) is 17.7 Å². The van der Waals surface area contributed by atoms with Crippen LogP contribution in [-0.4, -0.2) is 4.98 Å². The summed E-state index contributed by atoms with van der Waals surface area (Å²) in [6.07, 6.45) is 1.94. The molecule has 0 saturated heterocycles. The van der Waals surface area contributed by atoms with Gasteiger partial charge in [-0.2, -0.15) is 0 Å². The van der Waals surface area contributed by atoms with Crippen LogP contribution in [-0.2, 0) is 12.5 Å². The van der Waals surface area contributed by atoms with E-state index in [2.05, 4.69) is 93.0 Å². The third-order valence-corrected chi connectivity index (χ3v) is 6.74. The molecule has 138 valence electrons. The molecule has 0 aliphatic heterocycles. The van der Waals surface area contributed by atoms with Crippen LogP contribution in [0.25, 0.3) is 42.3 Å². The number of fused-ring (bicyclic) bond motifs is 5. The fourth-order valence-electron chi connectivity index (χ4n) is 3.93. The van der Waals surface area contributed by atoms with Gasteiger partial charge in [0.1, 0.15) is 4.70 Å². The van der Waals surface area contributed by atoms with Crippen LogP contribution in [0.3, 0.4) is 0 Å². The normalized spacial score (nSPS) is 12.3. The van der Waals surface area contributed by atoms with Crippen molar-refractivity contribution >= 4 is 42.4 Å². The van der Waals surface area contributed by atoms with Gasteiger partial charge in [-0.1, -0.05) is 75.4 Å². The van der Waals surface area contributed by atoms with Crippen LogP contribution in [0.4, 0.5) is 0 Å². The van der Waals surface area contributed by atoms with Gasteiger partial charge in [0.2, 0.25) is 5.52 Å². The Morgan fingerprint density at radius 2 is 1.57 bits per heavy atom. The number of aromatic nitrogens is 2. The Hall–Kier alpha value is -2.78. The molecule has 0 amide bonds. The van der Waals surface area contributed by atoms with E-state index in [9.17, 15) is 0 Å². The van der Waals surface area contributed by atoms with Crippen LogP contribution in [0.2, 0.25) is 0 Å². The minimum Gasteiger partial charge on any atom is -0.231 e. The average molecular weight is 384 g/mol. The molecule has 0 atom stereocenters. The van der Waals surface area contributed by atoms with Crippen LogP contribution in [0.5, 0.6) is 0 Å². The zero-order valence-electron chi connectivity index (χ0n) is 16.7. The first-order chi connectivity index (χ1) is 13.4. The topological polar surface area (TPSA) is 16.8 Å². The molecule has 5 aromatic rings. The zero-order valence-corrected chi connectivity index (χ0v) is 17.5. The van der Waals surface area contributed by atoms with E-state index < -0.39 is 0 Å². The number of hydrogen-bond acceptors (Lipinski definition) is 2. The lowest BCUT2D eigenvalue weighted by molar-refractivity contribution is -0.662. The Bertz CT molecular complexity index is 1340. The second-order valence-corrected chi connectivity index (χ2v) is 9.50. The summed E-state index contributed by atoms with van der Waals surface area (Å²) in [7, 11) is 2.09. The molecule has 2 nitrogen and oxygen atoms in total. The van der Waals surface area contributed by atoms with E-state index in [0.29, 0.717) is 0 Å².